The molecule has 1 aromatic heterocycles. The summed E-state index contributed by atoms with van der Waals surface area (Å²) in [5.41, 5.74) is 5.34. The number of carbonyl (C=O) groups is 1. The van der Waals surface area contributed by atoms with Crippen LogP contribution in [0.15, 0.2) is 11.0 Å². The fraction of sp³-hybridized carbons (Fsp3) is 0.588. The van der Waals surface area contributed by atoms with Gasteiger partial charge in [0.15, 0.2) is 6.10 Å². The summed E-state index contributed by atoms with van der Waals surface area (Å²) in [6.07, 6.45) is -5.88. The van der Waals surface area contributed by atoms with Crippen molar-refractivity contribution in [3.8, 4) is 11.8 Å². The topological polar surface area (TPSA) is 225 Å². The van der Waals surface area contributed by atoms with Crippen LogP contribution in [0.25, 0.3) is 0 Å². The Morgan fingerprint density at radius 3 is 2.62 bits per heavy atom. The number of sulfonamides is 1. The first kappa shape index (κ1) is 26.2. The van der Waals surface area contributed by atoms with Crippen LogP contribution in [0.2, 0.25) is 0 Å². The molecule has 0 aliphatic carbocycles. The number of rotatable bonds is 8. The van der Waals surface area contributed by atoms with Gasteiger partial charge in [0, 0.05) is 6.20 Å². The third-order valence-corrected chi connectivity index (χ3v) is 7.20. The fourth-order valence-corrected chi connectivity index (χ4v) is 4.84. The van der Waals surface area contributed by atoms with Crippen molar-refractivity contribution < 1.29 is 38.7 Å². The zero-order valence-electron chi connectivity index (χ0n) is 16.7. The van der Waals surface area contributed by atoms with Crippen LogP contribution in [0.4, 0.5) is 5.82 Å². The second-order valence-electron chi connectivity index (χ2n) is 6.82. The van der Waals surface area contributed by atoms with Gasteiger partial charge in [-0.15, -0.1) is 11.8 Å². The van der Waals surface area contributed by atoms with Gasteiger partial charge >= 0.3 is 5.69 Å². The highest BCUT2D eigenvalue weighted by Gasteiger charge is 2.39. The van der Waals surface area contributed by atoms with Crippen molar-refractivity contribution in [3.05, 3.63) is 22.2 Å². The van der Waals surface area contributed by atoms with Crippen LogP contribution in [-0.2, 0) is 14.8 Å². The number of thioether (sulfide) groups is 1. The lowest BCUT2D eigenvalue weighted by molar-refractivity contribution is -0.140. The lowest BCUT2D eigenvalue weighted by Crippen LogP contribution is -2.51. The fourth-order valence-electron chi connectivity index (χ4n) is 2.73. The molecule has 15 heteroatoms. The molecule has 2 heterocycles. The van der Waals surface area contributed by atoms with Crippen LogP contribution in [0.5, 0.6) is 0 Å². The van der Waals surface area contributed by atoms with E-state index in [4.69, 9.17) is 10.8 Å². The lowest BCUT2D eigenvalue weighted by atomic mass is 10.0. The summed E-state index contributed by atoms with van der Waals surface area (Å²) in [7, 11) is -4.83. The summed E-state index contributed by atoms with van der Waals surface area (Å²) < 4.78 is 27.2. The maximum Gasteiger partial charge on any atom is 0.350 e. The van der Waals surface area contributed by atoms with Gasteiger partial charge in [-0.3, -0.25) is 9.36 Å². The molecule has 1 aliphatic rings. The van der Waals surface area contributed by atoms with Crippen LogP contribution >= 0.6 is 11.8 Å². The Bertz CT molecular complexity index is 1040. The van der Waals surface area contributed by atoms with E-state index in [-0.39, 0.29) is 16.8 Å². The van der Waals surface area contributed by atoms with Gasteiger partial charge in [-0.2, -0.15) is 9.71 Å². The number of nitrogens with two attached hydrogens (primary N) is 1. The number of nitrogens with zero attached hydrogens (tertiary/aromatic N) is 2. The van der Waals surface area contributed by atoms with Crippen LogP contribution in [0.3, 0.4) is 0 Å². The molecule has 1 unspecified atom stereocenters. The van der Waals surface area contributed by atoms with Crippen LogP contribution in [0, 0.1) is 11.8 Å². The minimum Gasteiger partial charge on any atom is -0.394 e. The third kappa shape index (κ3) is 6.27. The number of hydrogen-bond acceptors (Lipinski definition) is 12. The Balaban J connectivity index is 2.06. The number of carbonyl (C=O) groups excluding carboxylic acids is 1. The van der Waals surface area contributed by atoms with Crippen LogP contribution in [-0.4, -0.2) is 91.9 Å². The molecule has 1 aromatic rings. The first-order valence-corrected chi connectivity index (χ1v) is 11.9. The number of hydrogen-bond donors (Lipinski definition) is 7. The van der Waals surface area contributed by atoms with Gasteiger partial charge < -0.3 is 31.3 Å². The number of aliphatic hydroxyl groups is 5. The van der Waals surface area contributed by atoms with E-state index in [9.17, 15) is 38.4 Å². The molecule has 0 spiro atoms. The number of aliphatic hydroxyl groups excluding tert-OH is 5. The zero-order valence-corrected chi connectivity index (χ0v) is 18.3. The predicted molar refractivity (Wildman–Crippen MR) is 114 cm³/mol. The molecule has 8 N–H and O–H groups in total. The lowest BCUT2D eigenvalue weighted by Gasteiger charge is -2.24. The Morgan fingerprint density at radius 2 is 2.03 bits per heavy atom. The maximum absolute atomic E-state index is 12.0. The summed E-state index contributed by atoms with van der Waals surface area (Å²) in [5.74, 6) is 5.71. The van der Waals surface area contributed by atoms with E-state index in [0.717, 1.165) is 18.6 Å². The standard InChI is InChI=1S/C17H24N4O9S2/c18-15-9(7-21(17(28)20-15)11-4-2-6-31-11)3-1-5-19-32(29,30)16(27)14(26)13(25)12(24)10(23)8-22/h7,10-14,19,22-26H,2,4-6,8H2,(H2,18,20,28)/t10-,11?,12-,13+,14+/m1/s1. The molecule has 0 aromatic carbocycles. The molecule has 0 saturated carbocycles. The Kier molecular flexibility index (Phi) is 9.18. The average molecular weight is 493 g/mol. The molecule has 0 radical (unpaired) electrons. The minimum atomic E-state index is -4.83. The number of nitrogens with one attached hydrogen (secondary N) is 1. The largest absolute Gasteiger partial charge is 0.394 e. The molecule has 0 bridgehead atoms. The average Bonchev–Trinajstić information content (AvgIpc) is 3.29. The molecule has 1 fully saturated rings. The van der Waals surface area contributed by atoms with E-state index in [0.29, 0.717) is 0 Å². The summed E-state index contributed by atoms with van der Waals surface area (Å²) in [6.45, 7) is -1.58. The highest BCUT2D eigenvalue weighted by atomic mass is 32.2. The molecule has 2 rings (SSSR count). The minimum absolute atomic E-state index is 0.0973. The first-order valence-electron chi connectivity index (χ1n) is 9.35. The summed E-state index contributed by atoms with van der Waals surface area (Å²) in [4.78, 5) is 27.7. The summed E-state index contributed by atoms with van der Waals surface area (Å²) in [5, 5.41) is 44.8. The van der Waals surface area contributed by atoms with Crippen LogP contribution in [0.1, 0.15) is 23.8 Å². The van der Waals surface area contributed by atoms with Gasteiger partial charge in [-0.25, -0.2) is 13.2 Å². The molecule has 178 valence electrons. The van der Waals surface area contributed by atoms with Gasteiger partial charge in [-0.1, -0.05) is 11.8 Å². The smallest absolute Gasteiger partial charge is 0.350 e. The van der Waals surface area contributed by atoms with Gasteiger partial charge in [0.25, 0.3) is 15.1 Å². The van der Waals surface area contributed by atoms with Gasteiger partial charge in [0.2, 0.25) is 0 Å². The molecular formula is C17H24N4O9S2. The first-order chi connectivity index (χ1) is 15.0. The monoisotopic (exact) mass is 492 g/mol. The van der Waals surface area contributed by atoms with Gasteiger partial charge in [0.05, 0.1) is 24.1 Å². The summed E-state index contributed by atoms with van der Waals surface area (Å²) in [6, 6.07) is 0. The Morgan fingerprint density at radius 1 is 1.34 bits per heavy atom. The molecular weight excluding hydrogens is 468 g/mol. The SMILES string of the molecule is Nc1nc(=O)n(C2CCCS2)cc1C#CCNS(=O)(=O)C(=O)[C@@H](O)[C@@H](O)[C@H](O)[C@H](O)CO. The highest BCUT2D eigenvalue weighted by molar-refractivity contribution is 8.04. The Labute approximate surface area is 187 Å². The molecule has 1 aliphatic heterocycles. The molecule has 32 heavy (non-hydrogen) atoms. The van der Waals surface area contributed by atoms with Gasteiger partial charge in [0.1, 0.15) is 24.1 Å². The van der Waals surface area contributed by atoms with Crippen molar-refractivity contribution in [1.29, 1.82) is 0 Å². The van der Waals surface area contributed by atoms with Crippen molar-refractivity contribution in [3.63, 3.8) is 0 Å². The molecule has 5 atom stereocenters. The third-order valence-electron chi connectivity index (χ3n) is 4.53. The van der Waals surface area contributed by atoms with Crippen molar-refractivity contribution in [1.82, 2.24) is 14.3 Å². The second-order valence-corrected chi connectivity index (χ2v) is 9.80. The van der Waals surface area contributed by atoms with E-state index >= 15 is 0 Å². The van der Waals surface area contributed by atoms with E-state index < -0.39 is 58.4 Å². The quantitative estimate of drug-likeness (QED) is 0.173. The van der Waals surface area contributed by atoms with Crippen molar-refractivity contribution in [2.75, 3.05) is 24.6 Å². The Hall–Kier alpha value is -2.03. The zero-order chi connectivity index (χ0) is 24.1. The normalized spacial score (nSPS) is 20.1. The van der Waals surface area contributed by atoms with E-state index in [2.05, 4.69) is 16.8 Å². The maximum atomic E-state index is 12.0. The number of aromatic nitrogens is 2. The van der Waals surface area contributed by atoms with Gasteiger partial charge in [-0.05, 0) is 18.6 Å². The van der Waals surface area contributed by atoms with Crippen molar-refractivity contribution >= 4 is 32.7 Å². The molecule has 1 saturated heterocycles. The number of nitrogen functional groups attached to an aromatic ring is 1. The van der Waals surface area contributed by atoms with Crippen LogP contribution < -0.4 is 16.1 Å². The summed E-state index contributed by atoms with van der Waals surface area (Å²) >= 11 is 1.58. The number of anilines is 1. The highest BCUT2D eigenvalue weighted by Crippen LogP contribution is 2.34. The molecule has 0 amide bonds. The van der Waals surface area contributed by atoms with E-state index in [1.165, 1.54) is 10.8 Å². The van der Waals surface area contributed by atoms with E-state index in [1.54, 1.807) is 16.5 Å². The predicted octanol–water partition coefficient (Wildman–Crippen LogP) is -3.92. The van der Waals surface area contributed by atoms with Crippen molar-refractivity contribution in [2.45, 2.75) is 42.6 Å². The molecule has 13 nitrogen and oxygen atoms in total. The van der Waals surface area contributed by atoms with E-state index in [1.807, 2.05) is 0 Å². The second kappa shape index (κ2) is 11.2. The van der Waals surface area contributed by atoms with Crippen molar-refractivity contribution in [2.24, 2.45) is 0 Å².